The first kappa shape index (κ1) is 19.8. The Labute approximate surface area is 143 Å². The Hall–Kier alpha value is -2.17. The molecule has 5 heteroatoms. The molecular formula is C17H14O4Ti. The average Bonchev–Trinajstić information content (AvgIpc) is 3.06. The van der Waals surface area contributed by atoms with E-state index < -0.39 is 0 Å². The zero-order valence-corrected chi connectivity index (χ0v) is 13.3. The Morgan fingerprint density at radius 2 is 0.727 bits per heavy atom. The van der Waals surface area contributed by atoms with Crippen LogP contribution < -0.4 is 0 Å². The second kappa shape index (κ2) is 11.5. The second-order valence-corrected chi connectivity index (χ2v) is 4.03. The van der Waals surface area contributed by atoms with Crippen LogP contribution in [0.4, 0.5) is 0 Å². The Balaban J connectivity index is 0.000000302. The van der Waals surface area contributed by atoms with E-state index in [4.69, 9.17) is 0 Å². The third kappa shape index (κ3) is 9.69. The third-order valence-electron chi connectivity index (χ3n) is 2.30. The van der Waals surface area contributed by atoms with Gasteiger partial charge >= 0.3 is 0 Å². The Kier molecular flexibility index (Phi) is 10.4. The molecule has 0 spiro atoms. The second-order valence-electron chi connectivity index (χ2n) is 4.03. The van der Waals surface area contributed by atoms with Crippen LogP contribution in [-0.2, 0) is 40.9 Å². The van der Waals surface area contributed by atoms with Gasteiger partial charge in [0, 0.05) is 21.7 Å². The van der Waals surface area contributed by atoms with Crippen LogP contribution in [0.2, 0.25) is 0 Å². The van der Waals surface area contributed by atoms with Gasteiger partial charge in [0.25, 0.3) is 0 Å². The molecule has 0 saturated carbocycles. The minimum Gasteiger partial charge on any atom is -0.290 e. The summed E-state index contributed by atoms with van der Waals surface area (Å²) < 4.78 is 0. The van der Waals surface area contributed by atoms with Crippen LogP contribution >= 0.6 is 0 Å². The molecule has 0 N–H and O–H groups in total. The van der Waals surface area contributed by atoms with E-state index in [-0.39, 0.29) is 44.9 Å². The van der Waals surface area contributed by atoms with Crippen molar-refractivity contribution in [1.29, 1.82) is 0 Å². The van der Waals surface area contributed by atoms with E-state index in [1.165, 1.54) is 48.6 Å². The Bertz CT molecular complexity index is 487. The SMILES string of the molecule is C1=CCC=C1.O=C1C=CC(=O)C=C1.O=C1C=CC(=O)C=C1.[Ti]. The number of carbonyl (C=O) groups excluding carboxylic acids is 4. The van der Waals surface area contributed by atoms with E-state index in [9.17, 15) is 19.2 Å². The number of rotatable bonds is 0. The summed E-state index contributed by atoms with van der Waals surface area (Å²) in [5.41, 5.74) is 0. The van der Waals surface area contributed by atoms with Gasteiger partial charge in [0.2, 0.25) is 0 Å². The maximum absolute atomic E-state index is 10.3. The number of allylic oxidation sites excluding steroid dienone is 12. The molecule has 0 bridgehead atoms. The maximum atomic E-state index is 10.3. The molecule has 0 heterocycles. The molecule has 0 aromatic heterocycles. The van der Waals surface area contributed by atoms with Crippen LogP contribution in [-0.4, -0.2) is 23.1 Å². The standard InChI is InChI=1S/2C6H4O2.C5H6.Ti/c2*7-5-1-2-6(8)4-3-5;1-2-4-5-3-1;/h2*1-4H;1-4H,5H2;. The molecule has 0 saturated heterocycles. The summed E-state index contributed by atoms with van der Waals surface area (Å²) in [5, 5.41) is 0. The Morgan fingerprint density at radius 1 is 0.500 bits per heavy atom. The van der Waals surface area contributed by atoms with Crippen LogP contribution in [0.25, 0.3) is 0 Å². The van der Waals surface area contributed by atoms with Crippen LogP contribution in [0.1, 0.15) is 6.42 Å². The number of ketones is 4. The summed E-state index contributed by atoms with van der Waals surface area (Å²) in [4.78, 5) is 41.1. The van der Waals surface area contributed by atoms with Gasteiger partial charge in [-0.05, 0) is 55.0 Å². The maximum Gasteiger partial charge on any atom is 0.178 e. The van der Waals surface area contributed by atoms with Crippen LogP contribution in [0.15, 0.2) is 72.9 Å². The number of carbonyl (C=O) groups is 4. The minimum absolute atomic E-state index is 0. The van der Waals surface area contributed by atoms with Crippen molar-refractivity contribution in [3.63, 3.8) is 0 Å². The zero-order chi connectivity index (χ0) is 15.5. The minimum atomic E-state index is -0.121. The van der Waals surface area contributed by atoms with Crippen LogP contribution in [0.3, 0.4) is 0 Å². The van der Waals surface area contributed by atoms with E-state index in [2.05, 4.69) is 24.3 Å². The largest absolute Gasteiger partial charge is 0.290 e. The number of hydrogen-bond acceptors (Lipinski definition) is 4. The van der Waals surface area contributed by atoms with Gasteiger partial charge in [-0.25, -0.2) is 0 Å². The Morgan fingerprint density at radius 3 is 0.864 bits per heavy atom. The van der Waals surface area contributed by atoms with E-state index in [1.807, 2.05) is 0 Å². The first-order valence-electron chi connectivity index (χ1n) is 6.28. The van der Waals surface area contributed by atoms with Crippen molar-refractivity contribution in [2.75, 3.05) is 0 Å². The zero-order valence-electron chi connectivity index (χ0n) is 11.8. The molecule has 0 amide bonds. The summed E-state index contributed by atoms with van der Waals surface area (Å²) >= 11 is 0. The number of hydrogen-bond donors (Lipinski definition) is 0. The van der Waals surface area contributed by atoms with Crippen molar-refractivity contribution < 1.29 is 40.9 Å². The van der Waals surface area contributed by atoms with Gasteiger partial charge in [0.15, 0.2) is 23.1 Å². The van der Waals surface area contributed by atoms with Gasteiger partial charge in [0.05, 0.1) is 0 Å². The van der Waals surface area contributed by atoms with Crippen molar-refractivity contribution in [3.8, 4) is 0 Å². The van der Waals surface area contributed by atoms with Gasteiger partial charge in [-0.1, -0.05) is 24.3 Å². The van der Waals surface area contributed by atoms with Crippen molar-refractivity contribution in [2.24, 2.45) is 0 Å². The molecule has 22 heavy (non-hydrogen) atoms. The van der Waals surface area contributed by atoms with Crippen molar-refractivity contribution in [3.05, 3.63) is 72.9 Å². The summed E-state index contributed by atoms with van der Waals surface area (Å²) in [7, 11) is 0. The van der Waals surface area contributed by atoms with Crippen molar-refractivity contribution in [1.82, 2.24) is 0 Å². The quantitative estimate of drug-likeness (QED) is 0.503. The van der Waals surface area contributed by atoms with E-state index in [0.717, 1.165) is 6.42 Å². The summed E-state index contributed by atoms with van der Waals surface area (Å²) in [6.45, 7) is 0. The van der Waals surface area contributed by atoms with E-state index in [1.54, 1.807) is 0 Å². The summed E-state index contributed by atoms with van der Waals surface area (Å²) in [6.07, 6.45) is 19.5. The molecule has 4 nitrogen and oxygen atoms in total. The first-order chi connectivity index (χ1) is 10.1. The molecule has 110 valence electrons. The van der Waals surface area contributed by atoms with Gasteiger partial charge in [0.1, 0.15) is 0 Å². The van der Waals surface area contributed by atoms with Gasteiger partial charge < -0.3 is 0 Å². The normalized spacial score (nSPS) is 16.7. The van der Waals surface area contributed by atoms with Gasteiger partial charge in [-0.15, -0.1) is 0 Å². The molecule has 0 fully saturated rings. The van der Waals surface area contributed by atoms with Crippen LogP contribution in [0.5, 0.6) is 0 Å². The third-order valence-corrected chi connectivity index (χ3v) is 2.30. The van der Waals surface area contributed by atoms with Gasteiger partial charge in [-0.2, -0.15) is 0 Å². The van der Waals surface area contributed by atoms with Crippen molar-refractivity contribution in [2.45, 2.75) is 6.42 Å². The van der Waals surface area contributed by atoms with Crippen LogP contribution in [0, 0.1) is 0 Å². The monoisotopic (exact) mass is 330 g/mol. The molecule has 0 atom stereocenters. The van der Waals surface area contributed by atoms with E-state index >= 15 is 0 Å². The fourth-order valence-corrected chi connectivity index (χ4v) is 1.27. The molecular weight excluding hydrogens is 316 g/mol. The summed E-state index contributed by atoms with van der Waals surface area (Å²) in [5.74, 6) is -0.483. The fraction of sp³-hybridized carbons (Fsp3) is 0.0588. The first-order valence-corrected chi connectivity index (χ1v) is 6.28. The summed E-state index contributed by atoms with van der Waals surface area (Å²) in [6, 6.07) is 0. The molecule has 0 radical (unpaired) electrons. The molecule has 0 aromatic carbocycles. The predicted octanol–water partition coefficient (Wildman–Crippen LogP) is 2.00. The predicted molar refractivity (Wildman–Crippen MR) is 79.5 cm³/mol. The molecule has 3 aliphatic carbocycles. The smallest absolute Gasteiger partial charge is 0.178 e. The molecule has 3 aliphatic rings. The molecule has 3 rings (SSSR count). The molecule has 0 aromatic rings. The topological polar surface area (TPSA) is 68.3 Å². The van der Waals surface area contributed by atoms with E-state index in [0.29, 0.717) is 0 Å². The average molecular weight is 330 g/mol. The fourth-order valence-electron chi connectivity index (χ4n) is 1.27. The molecule has 0 unspecified atom stereocenters. The van der Waals surface area contributed by atoms with Gasteiger partial charge in [-0.3, -0.25) is 19.2 Å². The van der Waals surface area contributed by atoms with Crippen molar-refractivity contribution >= 4 is 23.1 Å². The molecule has 0 aliphatic heterocycles.